The summed E-state index contributed by atoms with van der Waals surface area (Å²) in [6.45, 7) is 0.604. The highest BCUT2D eigenvalue weighted by Gasteiger charge is 2.33. The molecule has 33 heavy (non-hydrogen) atoms. The Morgan fingerprint density at radius 2 is 1.70 bits per heavy atom. The van der Waals surface area contributed by atoms with Crippen molar-refractivity contribution >= 4 is 21.9 Å². The third-order valence-electron chi connectivity index (χ3n) is 6.46. The number of anilines is 1. The van der Waals surface area contributed by atoms with Gasteiger partial charge in [0.05, 0.1) is 4.90 Å². The summed E-state index contributed by atoms with van der Waals surface area (Å²) in [7, 11) is -3.57. The van der Waals surface area contributed by atoms with E-state index < -0.39 is 10.0 Å². The van der Waals surface area contributed by atoms with E-state index in [1.54, 1.807) is 6.07 Å². The number of carbonyl (C=O) groups is 1. The molecule has 2 heterocycles. The van der Waals surface area contributed by atoms with E-state index in [1.807, 2.05) is 42.5 Å². The monoisotopic (exact) mass is 466 g/mol. The number of hydrogen-bond donors (Lipinski definition) is 1. The second kappa shape index (κ2) is 9.07. The Labute approximate surface area is 193 Å². The van der Waals surface area contributed by atoms with Gasteiger partial charge in [-0.05, 0) is 73.9 Å². The first-order chi connectivity index (χ1) is 16.0. The summed E-state index contributed by atoms with van der Waals surface area (Å²) in [5.41, 5.74) is 3.17. The van der Waals surface area contributed by atoms with Crippen molar-refractivity contribution in [2.24, 2.45) is 5.92 Å². The molecule has 0 radical (unpaired) electrons. The van der Waals surface area contributed by atoms with Crippen LogP contribution in [0.3, 0.4) is 0 Å². The van der Waals surface area contributed by atoms with Crippen molar-refractivity contribution in [2.75, 3.05) is 18.4 Å². The van der Waals surface area contributed by atoms with Gasteiger partial charge in [0.1, 0.15) is 0 Å². The van der Waals surface area contributed by atoms with Gasteiger partial charge in [0.2, 0.25) is 21.8 Å². The number of benzene rings is 2. The molecule has 0 spiro atoms. The van der Waals surface area contributed by atoms with Gasteiger partial charge in [-0.3, -0.25) is 10.1 Å². The Balaban J connectivity index is 1.20. The van der Waals surface area contributed by atoms with Crippen LogP contribution >= 0.6 is 0 Å². The highest BCUT2D eigenvalue weighted by molar-refractivity contribution is 7.89. The lowest BCUT2D eigenvalue weighted by Crippen LogP contribution is -2.41. The second-order valence-electron chi connectivity index (χ2n) is 8.58. The molecule has 0 unspecified atom stereocenters. The van der Waals surface area contributed by atoms with Gasteiger partial charge >= 0.3 is 6.01 Å². The number of carbonyl (C=O) groups excluding carboxylic acids is 1. The lowest BCUT2D eigenvalue weighted by molar-refractivity contribution is -0.121. The molecule has 9 heteroatoms. The zero-order chi connectivity index (χ0) is 22.8. The van der Waals surface area contributed by atoms with Crippen LogP contribution in [0.5, 0.6) is 0 Å². The molecule has 5 rings (SSSR count). The molecule has 1 saturated heterocycles. The van der Waals surface area contributed by atoms with Crippen LogP contribution in [0, 0.1) is 5.92 Å². The van der Waals surface area contributed by atoms with E-state index in [4.69, 9.17) is 4.42 Å². The summed E-state index contributed by atoms with van der Waals surface area (Å²) < 4.78 is 33.4. The average molecular weight is 467 g/mol. The molecule has 1 aliphatic heterocycles. The zero-order valence-corrected chi connectivity index (χ0v) is 19.1. The van der Waals surface area contributed by atoms with Crippen LogP contribution in [-0.4, -0.2) is 41.9 Å². The quantitative estimate of drug-likeness (QED) is 0.615. The molecular formula is C24H26N4O4S. The Morgan fingerprint density at radius 3 is 2.45 bits per heavy atom. The van der Waals surface area contributed by atoms with Crippen molar-refractivity contribution in [3.8, 4) is 11.5 Å². The first-order valence-corrected chi connectivity index (χ1v) is 12.8. The molecule has 1 aromatic heterocycles. The minimum atomic E-state index is -3.57. The normalized spacial score (nSPS) is 17.5. The molecule has 2 aliphatic rings. The van der Waals surface area contributed by atoms with Crippen LogP contribution in [0.25, 0.3) is 11.5 Å². The molecule has 1 amide bonds. The van der Waals surface area contributed by atoms with Crippen molar-refractivity contribution in [1.82, 2.24) is 14.5 Å². The van der Waals surface area contributed by atoms with Gasteiger partial charge < -0.3 is 4.42 Å². The van der Waals surface area contributed by atoms with Gasteiger partial charge in [-0.1, -0.05) is 29.4 Å². The fraction of sp³-hybridized carbons (Fsp3) is 0.375. The molecule has 2 aromatic carbocycles. The number of rotatable bonds is 5. The summed E-state index contributed by atoms with van der Waals surface area (Å²) in [5.74, 6) is -0.215. The molecule has 3 aromatic rings. The summed E-state index contributed by atoms with van der Waals surface area (Å²) in [6.07, 6.45) is 5.09. The maximum atomic E-state index is 13.2. The predicted molar refractivity (Wildman–Crippen MR) is 123 cm³/mol. The van der Waals surface area contributed by atoms with Gasteiger partial charge in [0, 0.05) is 24.6 Å². The minimum absolute atomic E-state index is 0.0444. The van der Waals surface area contributed by atoms with E-state index in [0.29, 0.717) is 36.7 Å². The number of nitrogens with one attached hydrogen (secondary N) is 1. The summed E-state index contributed by atoms with van der Waals surface area (Å²) >= 11 is 0. The Bertz CT molecular complexity index is 1250. The number of sulfonamides is 1. The van der Waals surface area contributed by atoms with Gasteiger partial charge in [-0.2, -0.15) is 4.31 Å². The molecule has 0 atom stereocenters. The Morgan fingerprint density at radius 1 is 0.970 bits per heavy atom. The third-order valence-corrected chi connectivity index (χ3v) is 8.35. The molecule has 172 valence electrons. The highest BCUT2D eigenvalue weighted by atomic mass is 32.2. The van der Waals surface area contributed by atoms with E-state index >= 15 is 0 Å². The van der Waals surface area contributed by atoms with Crippen LogP contribution in [0.15, 0.2) is 57.8 Å². The van der Waals surface area contributed by atoms with Gasteiger partial charge in [-0.15, -0.1) is 5.10 Å². The van der Waals surface area contributed by atoms with Crippen LogP contribution < -0.4 is 5.32 Å². The van der Waals surface area contributed by atoms with Crippen LogP contribution in [0.1, 0.15) is 36.8 Å². The SMILES string of the molecule is O=C(Nc1nnc(-c2ccccc2)o1)C1CCN(S(=O)(=O)c2ccc3c(c2)CCCC3)CC1. The van der Waals surface area contributed by atoms with E-state index in [-0.39, 0.29) is 17.8 Å². The van der Waals surface area contributed by atoms with E-state index in [1.165, 1.54) is 9.87 Å². The Kier molecular flexibility index (Phi) is 5.99. The lowest BCUT2D eigenvalue weighted by atomic mass is 9.92. The second-order valence-corrected chi connectivity index (χ2v) is 10.5. The summed E-state index contributed by atoms with van der Waals surface area (Å²) in [5, 5.41) is 10.5. The van der Waals surface area contributed by atoms with Gasteiger partial charge in [-0.25, -0.2) is 8.42 Å². The number of fused-ring (bicyclic) bond motifs is 1. The maximum Gasteiger partial charge on any atom is 0.322 e. The van der Waals surface area contributed by atoms with Crippen molar-refractivity contribution < 1.29 is 17.6 Å². The number of nitrogens with zero attached hydrogens (tertiary/aromatic N) is 3. The summed E-state index contributed by atoms with van der Waals surface area (Å²) in [6, 6.07) is 14.9. The first kappa shape index (κ1) is 21.8. The molecular weight excluding hydrogens is 440 g/mol. The molecule has 1 N–H and O–H groups in total. The fourth-order valence-electron chi connectivity index (χ4n) is 4.56. The molecule has 1 fully saturated rings. The number of aryl methyl sites for hydroxylation is 2. The zero-order valence-electron chi connectivity index (χ0n) is 18.2. The number of piperidine rings is 1. The Hall–Kier alpha value is -3.04. The number of hydrogen-bond acceptors (Lipinski definition) is 6. The van der Waals surface area contributed by atoms with Crippen molar-refractivity contribution in [2.45, 2.75) is 43.4 Å². The molecule has 0 bridgehead atoms. The first-order valence-electron chi connectivity index (χ1n) is 11.3. The number of aromatic nitrogens is 2. The smallest absolute Gasteiger partial charge is 0.322 e. The molecule has 8 nitrogen and oxygen atoms in total. The van der Waals surface area contributed by atoms with Crippen molar-refractivity contribution in [3.63, 3.8) is 0 Å². The van der Waals surface area contributed by atoms with Gasteiger partial charge in [0.15, 0.2) is 0 Å². The maximum absolute atomic E-state index is 13.2. The number of amides is 1. The topological polar surface area (TPSA) is 105 Å². The average Bonchev–Trinajstić information content (AvgIpc) is 3.33. The van der Waals surface area contributed by atoms with Gasteiger partial charge in [0.25, 0.3) is 0 Å². The standard InChI is InChI=1S/C24H26N4O4S/c29-22(25-24-27-26-23(32-24)19-7-2-1-3-8-19)18-12-14-28(15-13-18)33(30,31)21-11-10-17-6-4-5-9-20(17)16-21/h1-3,7-8,10-11,16,18H,4-6,9,12-15H2,(H,25,27,29). The summed E-state index contributed by atoms with van der Waals surface area (Å²) in [4.78, 5) is 13.0. The predicted octanol–water partition coefficient (Wildman–Crippen LogP) is 3.65. The third kappa shape index (κ3) is 4.56. The van der Waals surface area contributed by atoms with E-state index in [9.17, 15) is 13.2 Å². The van der Waals surface area contributed by atoms with Crippen LogP contribution in [0.4, 0.5) is 6.01 Å². The van der Waals surface area contributed by atoms with E-state index in [0.717, 1.165) is 36.8 Å². The van der Waals surface area contributed by atoms with Crippen LogP contribution in [-0.2, 0) is 27.7 Å². The molecule has 1 aliphatic carbocycles. The molecule has 0 saturated carbocycles. The largest absolute Gasteiger partial charge is 0.403 e. The fourth-order valence-corrected chi connectivity index (χ4v) is 6.08. The van der Waals surface area contributed by atoms with Crippen molar-refractivity contribution in [1.29, 1.82) is 0 Å². The lowest BCUT2D eigenvalue weighted by Gasteiger charge is -2.30. The minimum Gasteiger partial charge on any atom is -0.403 e. The highest BCUT2D eigenvalue weighted by Crippen LogP contribution is 2.29. The van der Waals surface area contributed by atoms with E-state index in [2.05, 4.69) is 15.5 Å². The van der Waals surface area contributed by atoms with Crippen molar-refractivity contribution in [3.05, 3.63) is 59.7 Å². The van der Waals surface area contributed by atoms with Crippen LogP contribution in [0.2, 0.25) is 0 Å².